The van der Waals surface area contributed by atoms with Crippen molar-refractivity contribution in [3.8, 4) is 6.07 Å². The molecule has 0 unspecified atom stereocenters. The summed E-state index contributed by atoms with van der Waals surface area (Å²) in [6.07, 6.45) is 0.727. The van der Waals surface area contributed by atoms with Crippen LogP contribution in [0.4, 0.5) is 5.69 Å². The van der Waals surface area contributed by atoms with Gasteiger partial charge in [0.2, 0.25) is 0 Å². The van der Waals surface area contributed by atoms with Gasteiger partial charge in [0.25, 0.3) is 0 Å². The van der Waals surface area contributed by atoms with E-state index in [2.05, 4.69) is 30.0 Å². The molecule has 0 radical (unpaired) electrons. The lowest BCUT2D eigenvalue weighted by Crippen LogP contribution is -2.38. The topological polar surface area (TPSA) is 48.7 Å². The molecule has 22 heavy (non-hydrogen) atoms. The number of anilines is 1. The lowest BCUT2D eigenvalue weighted by atomic mass is 10.1. The van der Waals surface area contributed by atoms with Gasteiger partial charge in [-0.25, -0.2) is 0 Å². The zero-order valence-corrected chi connectivity index (χ0v) is 13.7. The highest BCUT2D eigenvalue weighted by Gasteiger charge is 2.22. The first-order chi connectivity index (χ1) is 10.6. The molecule has 1 saturated heterocycles. The number of hydrogen-bond acceptors (Lipinski definition) is 5. The largest absolute Gasteiger partial charge is 0.374 e. The maximum Gasteiger partial charge on any atom is 0.159 e. The third-order valence-corrected chi connectivity index (χ3v) is 3.80. The van der Waals surface area contributed by atoms with Crippen LogP contribution < -0.4 is 4.90 Å². The van der Waals surface area contributed by atoms with Crippen LogP contribution in [0.25, 0.3) is 0 Å². The van der Waals surface area contributed by atoms with E-state index in [9.17, 15) is 0 Å². The first-order valence-electron chi connectivity index (χ1n) is 7.67. The van der Waals surface area contributed by atoms with Gasteiger partial charge in [0.15, 0.2) is 6.29 Å². The van der Waals surface area contributed by atoms with Crippen molar-refractivity contribution < 1.29 is 9.47 Å². The van der Waals surface area contributed by atoms with Gasteiger partial charge in [-0.05, 0) is 38.4 Å². The molecule has 120 valence electrons. The monoisotopic (exact) mass is 303 g/mol. The molecule has 1 aromatic rings. The number of nitriles is 1. The first kappa shape index (κ1) is 16.8. The maximum atomic E-state index is 8.82. The van der Waals surface area contributed by atoms with Gasteiger partial charge in [-0.1, -0.05) is 0 Å². The van der Waals surface area contributed by atoms with E-state index in [4.69, 9.17) is 14.7 Å². The number of benzene rings is 1. The molecule has 0 amide bonds. The molecular formula is C17H25N3O2. The molecule has 0 bridgehead atoms. The summed E-state index contributed by atoms with van der Waals surface area (Å²) in [4.78, 5) is 4.32. The van der Waals surface area contributed by atoms with Crippen LogP contribution in [0.1, 0.15) is 12.0 Å². The van der Waals surface area contributed by atoms with Crippen molar-refractivity contribution in [3.63, 3.8) is 0 Å². The minimum Gasteiger partial charge on any atom is -0.374 e. The summed E-state index contributed by atoms with van der Waals surface area (Å²) in [6.45, 7) is 3.39. The molecule has 0 saturated carbocycles. The molecule has 1 aliphatic heterocycles. The second kappa shape index (κ2) is 8.14. The van der Waals surface area contributed by atoms with Crippen molar-refractivity contribution in [2.24, 2.45) is 5.92 Å². The fourth-order valence-corrected chi connectivity index (χ4v) is 2.59. The fraction of sp³-hybridized carbons (Fsp3) is 0.588. The van der Waals surface area contributed by atoms with Gasteiger partial charge < -0.3 is 19.3 Å². The van der Waals surface area contributed by atoms with E-state index in [0.717, 1.165) is 38.4 Å². The SMILES string of the molecule is CN(C)CC1COC(CCN(C)c2ccc(C#N)cc2)OC1. The fourth-order valence-electron chi connectivity index (χ4n) is 2.59. The predicted molar refractivity (Wildman–Crippen MR) is 86.8 cm³/mol. The Hall–Kier alpha value is -1.61. The van der Waals surface area contributed by atoms with Gasteiger partial charge in [0, 0.05) is 38.2 Å². The van der Waals surface area contributed by atoms with E-state index in [0.29, 0.717) is 11.5 Å². The van der Waals surface area contributed by atoms with Crippen molar-refractivity contribution in [1.29, 1.82) is 5.26 Å². The van der Waals surface area contributed by atoms with Crippen LogP contribution in [0.15, 0.2) is 24.3 Å². The molecule has 5 heteroatoms. The zero-order chi connectivity index (χ0) is 15.9. The second-order valence-electron chi connectivity index (χ2n) is 6.09. The van der Waals surface area contributed by atoms with Crippen LogP contribution in [-0.2, 0) is 9.47 Å². The van der Waals surface area contributed by atoms with Crippen molar-refractivity contribution in [2.75, 3.05) is 52.3 Å². The lowest BCUT2D eigenvalue weighted by Gasteiger charge is -2.32. The van der Waals surface area contributed by atoms with Gasteiger partial charge >= 0.3 is 0 Å². The summed E-state index contributed by atoms with van der Waals surface area (Å²) in [7, 11) is 6.18. The van der Waals surface area contributed by atoms with Gasteiger partial charge in [0.1, 0.15) is 0 Å². The maximum absolute atomic E-state index is 8.82. The molecule has 0 aromatic heterocycles. The Morgan fingerprint density at radius 2 is 1.77 bits per heavy atom. The number of rotatable bonds is 6. The number of nitrogens with zero attached hydrogens (tertiary/aromatic N) is 3. The Balaban J connectivity index is 1.73. The minimum atomic E-state index is -0.112. The van der Waals surface area contributed by atoms with Crippen LogP contribution in [-0.4, -0.2) is 58.6 Å². The van der Waals surface area contributed by atoms with E-state index in [1.54, 1.807) is 0 Å². The smallest absolute Gasteiger partial charge is 0.159 e. The summed E-state index contributed by atoms with van der Waals surface area (Å²) >= 11 is 0. The van der Waals surface area contributed by atoms with Crippen LogP contribution in [0.5, 0.6) is 0 Å². The minimum absolute atomic E-state index is 0.112. The van der Waals surface area contributed by atoms with E-state index in [-0.39, 0.29) is 6.29 Å². The van der Waals surface area contributed by atoms with Crippen LogP contribution in [0, 0.1) is 17.2 Å². The zero-order valence-electron chi connectivity index (χ0n) is 13.7. The normalized spacial score (nSPS) is 21.6. The third-order valence-electron chi connectivity index (χ3n) is 3.80. The molecule has 1 heterocycles. The summed E-state index contributed by atoms with van der Waals surface area (Å²) < 4.78 is 11.6. The summed E-state index contributed by atoms with van der Waals surface area (Å²) in [5.74, 6) is 0.461. The van der Waals surface area contributed by atoms with E-state index >= 15 is 0 Å². The molecule has 2 rings (SSSR count). The van der Waals surface area contributed by atoms with E-state index in [1.807, 2.05) is 31.3 Å². The molecule has 1 aromatic carbocycles. The van der Waals surface area contributed by atoms with Crippen LogP contribution >= 0.6 is 0 Å². The molecule has 0 N–H and O–H groups in total. The Kier molecular flexibility index (Phi) is 6.20. The highest BCUT2D eigenvalue weighted by Crippen LogP contribution is 2.17. The summed E-state index contributed by atoms with van der Waals surface area (Å²) in [6, 6.07) is 9.74. The standard InChI is InChI=1S/C17H25N3O2/c1-19(2)11-15-12-21-17(22-13-15)8-9-20(3)16-6-4-14(10-18)5-7-16/h4-7,15,17H,8-9,11-13H2,1-3H3. The quantitative estimate of drug-likeness (QED) is 0.804. The Labute approximate surface area is 133 Å². The average molecular weight is 303 g/mol. The highest BCUT2D eigenvalue weighted by atomic mass is 16.7. The molecule has 0 spiro atoms. The molecule has 0 aliphatic carbocycles. The first-order valence-corrected chi connectivity index (χ1v) is 7.67. The van der Waals surface area contributed by atoms with Crippen molar-refractivity contribution >= 4 is 5.69 Å². The van der Waals surface area contributed by atoms with Gasteiger partial charge in [-0.15, -0.1) is 0 Å². The van der Waals surface area contributed by atoms with Gasteiger partial charge in [-0.2, -0.15) is 5.26 Å². The van der Waals surface area contributed by atoms with Crippen LogP contribution in [0.2, 0.25) is 0 Å². The third kappa shape index (κ3) is 4.99. The van der Waals surface area contributed by atoms with Crippen molar-refractivity contribution in [3.05, 3.63) is 29.8 Å². The highest BCUT2D eigenvalue weighted by molar-refractivity contribution is 5.48. The number of ether oxygens (including phenoxy) is 2. The molecule has 1 aliphatic rings. The molecule has 1 fully saturated rings. The lowest BCUT2D eigenvalue weighted by molar-refractivity contribution is -0.203. The molecule has 5 nitrogen and oxygen atoms in total. The van der Waals surface area contributed by atoms with Gasteiger partial charge in [0.05, 0.1) is 24.8 Å². The Morgan fingerprint density at radius 1 is 1.14 bits per heavy atom. The van der Waals surface area contributed by atoms with E-state index in [1.165, 1.54) is 0 Å². The van der Waals surface area contributed by atoms with E-state index < -0.39 is 0 Å². The molecular weight excluding hydrogens is 278 g/mol. The van der Waals surface area contributed by atoms with Crippen molar-refractivity contribution in [2.45, 2.75) is 12.7 Å². The second-order valence-corrected chi connectivity index (χ2v) is 6.09. The average Bonchev–Trinajstić information content (AvgIpc) is 2.53. The number of hydrogen-bond donors (Lipinski definition) is 0. The van der Waals surface area contributed by atoms with Crippen molar-refractivity contribution in [1.82, 2.24) is 4.90 Å². The van der Waals surface area contributed by atoms with Crippen LogP contribution in [0.3, 0.4) is 0 Å². The predicted octanol–water partition coefficient (Wildman–Crippen LogP) is 1.94. The Bertz CT molecular complexity index is 488. The Morgan fingerprint density at radius 3 is 2.32 bits per heavy atom. The summed E-state index contributed by atoms with van der Waals surface area (Å²) in [5.41, 5.74) is 1.78. The molecule has 0 atom stereocenters. The van der Waals surface area contributed by atoms with Gasteiger partial charge in [-0.3, -0.25) is 0 Å². The summed E-state index contributed by atoms with van der Waals surface area (Å²) in [5, 5.41) is 8.82.